The Bertz CT molecular complexity index is 701. The summed E-state index contributed by atoms with van der Waals surface area (Å²) in [4.78, 5) is 12.3. The largest absolute Gasteiger partial charge is 0.467 e. The molecule has 0 saturated carbocycles. The molecular weight excluding hydrogens is 274 g/mol. The van der Waals surface area contributed by atoms with Crippen LogP contribution in [0.2, 0.25) is 0 Å². The molecule has 0 bridgehead atoms. The second-order valence-corrected chi connectivity index (χ2v) is 4.42. The molecule has 0 radical (unpaired) electrons. The van der Waals surface area contributed by atoms with Gasteiger partial charge in [0.15, 0.2) is 0 Å². The van der Waals surface area contributed by atoms with Crippen molar-refractivity contribution in [2.45, 2.75) is 13.0 Å². The molecule has 3 heterocycles. The van der Waals surface area contributed by atoms with Crippen molar-refractivity contribution in [3.8, 4) is 0 Å². The lowest BCUT2D eigenvalue weighted by molar-refractivity contribution is -0.138. The van der Waals surface area contributed by atoms with Crippen molar-refractivity contribution in [3.63, 3.8) is 0 Å². The summed E-state index contributed by atoms with van der Waals surface area (Å²) in [7, 11) is 0. The van der Waals surface area contributed by atoms with Gasteiger partial charge >= 0.3 is 5.97 Å². The van der Waals surface area contributed by atoms with Gasteiger partial charge in [0.25, 0.3) is 0 Å². The van der Waals surface area contributed by atoms with Crippen LogP contribution in [0.4, 0.5) is 5.95 Å². The highest BCUT2D eigenvalue weighted by atomic mass is 16.5. The molecule has 1 atom stereocenters. The summed E-state index contributed by atoms with van der Waals surface area (Å²) in [6.07, 6.45) is 3.04. The smallest absolute Gasteiger partial charge is 0.338 e. The predicted molar refractivity (Wildman–Crippen MR) is 72.1 cm³/mol. The number of ether oxygens (including phenoxy) is 1. The maximum Gasteiger partial charge on any atom is 0.338 e. The SMILES string of the molecule is C=CCOC(=O)C1=C(C)Nc2nnnn2C1c1ccco1. The molecule has 1 aliphatic heterocycles. The molecule has 1 aliphatic rings. The predicted octanol–water partition coefficient (Wildman–Crippen LogP) is 1.28. The summed E-state index contributed by atoms with van der Waals surface area (Å²) in [5, 5.41) is 14.4. The maximum atomic E-state index is 12.3. The molecule has 0 aliphatic carbocycles. The molecule has 0 spiro atoms. The molecule has 8 nitrogen and oxygen atoms in total. The summed E-state index contributed by atoms with van der Waals surface area (Å²) in [5.41, 5.74) is 1.01. The molecule has 8 heteroatoms. The molecule has 0 aromatic carbocycles. The minimum absolute atomic E-state index is 0.128. The molecule has 21 heavy (non-hydrogen) atoms. The number of hydrogen-bond acceptors (Lipinski definition) is 7. The number of carbonyl (C=O) groups excluding carboxylic acids is 1. The van der Waals surface area contributed by atoms with Gasteiger partial charge in [0.1, 0.15) is 18.4 Å². The number of aromatic nitrogens is 4. The molecule has 1 N–H and O–H groups in total. The number of furan rings is 1. The van der Waals surface area contributed by atoms with Crippen LogP contribution >= 0.6 is 0 Å². The first-order valence-corrected chi connectivity index (χ1v) is 6.29. The number of nitrogens with zero attached hydrogens (tertiary/aromatic N) is 4. The van der Waals surface area contributed by atoms with Crippen molar-refractivity contribution in [1.82, 2.24) is 20.2 Å². The molecule has 1 unspecified atom stereocenters. The van der Waals surface area contributed by atoms with E-state index in [2.05, 4.69) is 27.4 Å². The molecule has 3 rings (SSSR count). The number of esters is 1. The van der Waals surface area contributed by atoms with Crippen LogP contribution in [-0.2, 0) is 9.53 Å². The van der Waals surface area contributed by atoms with Crippen LogP contribution in [0.25, 0.3) is 0 Å². The first-order chi connectivity index (χ1) is 10.2. The van der Waals surface area contributed by atoms with Crippen molar-refractivity contribution in [2.75, 3.05) is 11.9 Å². The molecular formula is C13H13N5O3. The Hall–Kier alpha value is -2.90. The molecule has 108 valence electrons. The van der Waals surface area contributed by atoms with Crippen LogP contribution in [0.1, 0.15) is 18.7 Å². The van der Waals surface area contributed by atoms with Gasteiger partial charge in [-0.3, -0.25) is 0 Å². The number of hydrogen-bond donors (Lipinski definition) is 1. The molecule has 2 aromatic heterocycles. The Labute approximate surface area is 120 Å². The highest BCUT2D eigenvalue weighted by Gasteiger charge is 2.36. The fourth-order valence-electron chi connectivity index (χ4n) is 2.20. The number of fused-ring (bicyclic) bond motifs is 1. The van der Waals surface area contributed by atoms with E-state index in [4.69, 9.17) is 9.15 Å². The van der Waals surface area contributed by atoms with Gasteiger partial charge in [0.05, 0.1) is 11.8 Å². The number of nitrogens with one attached hydrogen (secondary N) is 1. The monoisotopic (exact) mass is 287 g/mol. The van der Waals surface area contributed by atoms with Crippen molar-refractivity contribution < 1.29 is 13.9 Å². The number of allylic oxidation sites excluding steroid dienone is 1. The van der Waals surface area contributed by atoms with Gasteiger partial charge in [-0.25, -0.2) is 4.79 Å². The Morgan fingerprint density at radius 3 is 3.24 bits per heavy atom. The van der Waals surface area contributed by atoms with E-state index in [-0.39, 0.29) is 6.61 Å². The van der Waals surface area contributed by atoms with Crippen LogP contribution in [0, 0.1) is 0 Å². The van der Waals surface area contributed by atoms with Crippen LogP contribution in [-0.4, -0.2) is 32.8 Å². The first-order valence-electron chi connectivity index (χ1n) is 6.29. The standard InChI is InChI=1S/C13H13N5O3/c1-3-6-21-12(19)10-8(2)14-13-15-16-17-18(13)11(10)9-5-4-7-20-9/h3-5,7,11H,1,6H2,2H3,(H,14,15,17). The third kappa shape index (κ3) is 2.20. The van der Waals surface area contributed by atoms with Crippen LogP contribution in [0.3, 0.4) is 0 Å². The van der Waals surface area contributed by atoms with Gasteiger partial charge in [0.2, 0.25) is 5.95 Å². The topological polar surface area (TPSA) is 95.1 Å². The third-order valence-corrected chi connectivity index (χ3v) is 3.08. The van der Waals surface area contributed by atoms with Gasteiger partial charge < -0.3 is 14.5 Å². The van der Waals surface area contributed by atoms with Crippen molar-refractivity contribution >= 4 is 11.9 Å². The summed E-state index contributed by atoms with van der Waals surface area (Å²) in [5.74, 6) is 0.520. The summed E-state index contributed by atoms with van der Waals surface area (Å²) < 4.78 is 12.1. The van der Waals surface area contributed by atoms with Gasteiger partial charge in [-0.1, -0.05) is 17.8 Å². The lowest BCUT2D eigenvalue weighted by atomic mass is 10.0. The minimum atomic E-state index is -0.566. The van der Waals surface area contributed by atoms with Crippen LogP contribution in [0.5, 0.6) is 0 Å². The van der Waals surface area contributed by atoms with E-state index in [9.17, 15) is 4.79 Å². The van der Waals surface area contributed by atoms with E-state index in [1.165, 1.54) is 17.0 Å². The lowest BCUT2D eigenvalue weighted by Crippen LogP contribution is -2.29. The molecule has 0 fully saturated rings. The highest BCUT2D eigenvalue weighted by Crippen LogP contribution is 2.34. The maximum absolute atomic E-state index is 12.3. The average Bonchev–Trinajstić information content (AvgIpc) is 3.13. The Morgan fingerprint density at radius 1 is 1.67 bits per heavy atom. The minimum Gasteiger partial charge on any atom is -0.467 e. The van der Waals surface area contributed by atoms with E-state index in [0.717, 1.165) is 0 Å². The second kappa shape index (κ2) is 5.23. The number of tetrazole rings is 1. The van der Waals surface area contributed by atoms with E-state index in [1.807, 2.05) is 0 Å². The highest BCUT2D eigenvalue weighted by molar-refractivity contribution is 5.92. The zero-order valence-electron chi connectivity index (χ0n) is 11.3. The van der Waals surface area contributed by atoms with Crippen molar-refractivity contribution in [1.29, 1.82) is 0 Å². The van der Waals surface area contributed by atoms with Crippen molar-refractivity contribution in [2.24, 2.45) is 0 Å². The van der Waals surface area contributed by atoms with E-state index < -0.39 is 12.0 Å². The third-order valence-electron chi connectivity index (χ3n) is 3.08. The zero-order chi connectivity index (χ0) is 14.8. The Kier molecular flexibility index (Phi) is 3.27. The van der Waals surface area contributed by atoms with Gasteiger partial charge in [-0.2, -0.15) is 4.68 Å². The Morgan fingerprint density at radius 2 is 2.52 bits per heavy atom. The summed E-state index contributed by atoms with van der Waals surface area (Å²) in [6.45, 7) is 5.42. The quantitative estimate of drug-likeness (QED) is 0.668. The van der Waals surface area contributed by atoms with E-state index in [0.29, 0.717) is 23.0 Å². The van der Waals surface area contributed by atoms with E-state index >= 15 is 0 Å². The number of rotatable bonds is 4. The second-order valence-electron chi connectivity index (χ2n) is 4.42. The van der Waals surface area contributed by atoms with Crippen LogP contribution in [0.15, 0.2) is 46.7 Å². The average molecular weight is 287 g/mol. The number of anilines is 1. The van der Waals surface area contributed by atoms with Gasteiger partial charge in [-0.15, -0.1) is 0 Å². The molecule has 2 aromatic rings. The normalized spacial score (nSPS) is 17.1. The fourth-order valence-corrected chi connectivity index (χ4v) is 2.20. The van der Waals surface area contributed by atoms with Crippen LogP contribution < -0.4 is 5.32 Å². The first kappa shape index (κ1) is 13.1. The molecule has 0 saturated heterocycles. The van der Waals surface area contributed by atoms with Gasteiger partial charge in [-0.05, 0) is 29.5 Å². The Balaban J connectivity index is 2.06. The summed E-state index contributed by atoms with van der Waals surface area (Å²) in [6, 6.07) is 2.93. The lowest BCUT2D eigenvalue weighted by Gasteiger charge is -2.25. The summed E-state index contributed by atoms with van der Waals surface area (Å²) >= 11 is 0. The van der Waals surface area contributed by atoms with Crippen molar-refractivity contribution in [3.05, 3.63) is 48.1 Å². The fraction of sp³-hybridized carbons (Fsp3) is 0.231. The molecule has 0 amide bonds. The zero-order valence-corrected chi connectivity index (χ0v) is 11.3. The van der Waals surface area contributed by atoms with Gasteiger partial charge in [0, 0.05) is 5.70 Å². The van der Waals surface area contributed by atoms with E-state index in [1.54, 1.807) is 19.1 Å². The number of carbonyl (C=O) groups is 1.